The maximum atomic E-state index is 2.39. The Morgan fingerprint density at radius 1 is 1.46 bits per heavy atom. The molecule has 2 unspecified atom stereocenters. The molecule has 0 aromatic rings. The van der Waals surface area contributed by atoms with Crippen LogP contribution in [0.15, 0.2) is 24.3 Å². The van der Waals surface area contributed by atoms with Gasteiger partial charge in [0.2, 0.25) is 0 Å². The van der Waals surface area contributed by atoms with Crippen LogP contribution in [-0.2, 0) is 0 Å². The highest BCUT2D eigenvalue weighted by atomic mass is 14.4. The Balaban J connectivity index is 2.71. The van der Waals surface area contributed by atoms with Crippen molar-refractivity contribution < 1.29 is 0 Å². The summed E-state index contributed by atoms with van der Waals surface area (Å²) >= 11 is 0. The Bertz CT molecular complexity index is 208. The molecule has 0 saturated heterocycles. The van der Waals surface area contributed by atoms with Crippen molar-refractivity contribution in [1.29, 1.82) is 0 Å². The highest BCUT2D eigenvalue weighted by molar-refractivity contribution is 5.04. The van der Waals surface area contributed by atoms with Gasteiger partial charge in [-0.25, -0.2) is 0 Å². The molecule has 0 radical (unpaired) electrons. The number of hydrogen-bond donors (Lipinski definition) is 0. The third-order valence-corrected chi connectivity index (χ3v) is 3.35. The van der Waals surface area contributed by atoms with Gasteiger partial charge in [0.05, 0.1) is 0 Å². The molecule has 0 fully saturated rings. The first-order valence-corrected chi connectivity index (χ1v) is 5.36. The van der Waals surface area contributed by atoms with E-state index in [0.717, 1.165) is 11.8 Å². The second-order valence-corrected chi connectivity index (χ2v) is 4.89. The van der Waals surface area contributed by atoms with Gasteiger partial charge >= 0.3 is 0 Å². The molecule has 0 amide bonds. The quantitative estimate of drug-likeness (QED) is 0.556. The van der Waals surface area contributed by atoms with E-state index in [1.54, 1.807) is 0 Å². The third-order valence-electron chi connectivity index (χ3n) is 3.35. The summed E-state index contributed by atoms with van der Waals surface area (Å²) in [6, 6.07) is 0. The zero-order valence-corrected chi connectivity index (χ0v) is 9.38. The van der Waals surface area contributed by atoms with Gasteiger partial charge in [0.25, 0.3) is 0 Å². The number of hydrogen-bond acceptors (Lipinski definition) is 0. The SMILES string of the molecule is CC=CCC1C(C)C=CCC1(C)C. The molecule has 0 spiro atoms. The molecule has 0 saturated carbocycles. The van der Waals surface area contributed by atoms with E-state index >= 15 is 0 Å². The minimum Gasteiger partial charge on any atom is -0.0917 e. The molecule has 0 aliphatic heterocycles. The van der Waals surface area contributed by atoms with E-state index in [0.29, 0.717) is 5.41 Å². The van der Waals surface area contributed by atoms with Crippen molar-refractivity contribution in [3.05, 3.63) is 24.3 Å². The van der Waals surface area contributed by atoms with Gasteiger partial charge in [-0.05, 0) is 37.0 Å². The molecule has 13 heavy (non-hydrogen) atoms. The van der Waals surface area contributed by atoms with Gasteiger partial charge in [-0.15, -0.1) is 0 Å². The Morgan fingerprint density at radius 2 is 2.15 bits per heavy atom. The monoisotopic (exact) mass is 178 g/mol. The van der Waals surface area contributed by atoms with E-state index in [4.69, 9.17) is 0 Å². The number of rotatable bonds is 2. The maximum absolute atomic E-state index is 2.39. The van der Waals surface area contributed by atoms with Crippen LogP contribution in [0, 0.1) is 17.3 Å². The van der Waals surface area contributed by atoms with E-state index in [1.165, 1.54) is 12.8 Å². The largest absolute Gasteiger partial charge is 0.0917 e. The molecular formula is C13H22. The molecule has 0 nitrogen and oxygen atoms in total. The Morgan fingerprint density at radius 3 is 2.69 bits per heavy atom. The van der Waals surface area contributed by atoms with Crippen LogP contribution in [0.1, 0.15) is 40.5 Å². The first-order valence-electron chi connectivity index (χ1n) is 5.36. The lowest BCUT2D eigenvalue weighted by Crippen LogP contribution is -2.30. The zero-order valence-electron chi connectivity index (χ0n) is 9.38. The average molecular weight is 178 g/mol. The first-order chi connectivity index (χ1) is 6.08. The van der Waals surface area contributed by atoms with Crippen LogP contribution in [0.4, 0.5) is 0 Å². The fourth-order valence-corrected chi connectivity index (χ4v) is 2.40. The van der Waals surface area contributed by atoms with Crippen LogP contribution in [0.2, 0.25) is 0 Å². The van der Waals surface area contributed by atoms with Gasteiger partial charge in [-0.1, -0.05) is 45.1 Å². The summed E-state index contributed by atoms with van der Waals surface area (Å²) in [5, 5.41) is 0. The van der Waals surface area contributed by atoms with Crippen molar-refractivity contribution in [3.8, 4) is 0 Å². The van der Waals surface area contributed by atoms with Crippen LogP contribution in [-0.4, -0.2) is 0 Å². The molecule has 1 aliphatic carbocycles. The Labute approximate surface area is 82.7 Å². The van der Waals surface area contributed by atoms with E-state index in [2.05, 4.69) is 52.0 Å². The standard InChI is InChI=1S/C13H22/c1-5-6-9-12-11(2)8-7-10-13(12,3)4/h5-8,11-12H,9-10H2,1-4H3. The van der Waals surface area contributed by atoms with E-state index in [-0.39, 0.29) is 0 Å². The minimum absolute atomic E-state index is 0.480. The maximum Gasteiger partial charge on any atom is -0.0225 e. The second-order valence-electron chi connectivity index (χ2n) is 4.89. The number of allylic oxidation sites excluding steroid dienone is 4. The smallest absolute Gasteiger partial charge is 0.0225 e. The van der Waals surface area contributed by atoms with Gasteiger partial charge in [0, 0.05) is 0 Å². The third kappa shape index (κ3) is 2.46. The molecule has 2 atom stereocenters. The minimum atomic E-state index is 0.480. The average Bonchev–Trinajstić information content (AvgIpc) is 2.02. The van der Waals surface area contributed by atoms with Crippen molar-refractivity contribution >= 4 is 0 Å². The van der Waals surface area contributed by atoms with Crippen molar-refractivity contribution in [2.24, 2.45) is 17.3 Å². The lowest BCUT2D eigenvalue weighted by molar-refractivity contribution is 0.162. The fourth-order valence-electron chi connectivity index (χ4n) is 2.40. The second kappa shape index (κ2) is 4.13. The van der Waals surface area contributed by atoms with Gasteiger partial charge in [0.15, 0.2) is 0 Å². The van der Waals surface area contributed by atoms with Crippen LogP contribution in [0.3, 0.4) is 0 Å². The first kappa shape index (κ1) is 10.6. The van der Waals surface area contributed by atoms with Gasteiger partial charge < -0.3 is 0 Å². The van der Waals surface area contributed by atoms with Crippen molar-refractivity contribution in [2.75, 3.05) is 0 Å². The highest BCUT2D eigenvalue weighted by Gasteiger charge is 2.32. The molecule has 0 aromatic carbocycles. The zero-order chi connectivity index (χ0) is 9.90. The molecule has 74 valence electrons. The summed E-state index contributed by atoms with van der Waals surface area (Å²) in [6.07, 6.45) is 11.7. The predicted molar refractivity (Wildman–Crippen MR) is 59.6 cm³/mol. The summed E-state index contributed by atoms with van der Waals surface area (Å²) in [4.78, 5) is 0. The molecule has 0 N–H and O–H groups in total. The highest BCUT2D eigenvalue weighted by Crippen LogP contribution is 2.42. The molecule has 0 bridgehead atoms. The summed E-state index contributed by atoms with van der Waals surface area (Å²) in [5.41, 5.74) is 0.480. The van der Waals surface area contributed by atoms with Gasteiger partial charge in [-0.3, -0.25) is 0 Å². The van der Waals surface area contributed by atoms with E-state index < -0.39 is 0 Å². The predicted octanol–water partition coefficient (Wildman–Crippen LogP) is 4.19. The molecule has 0 heteroatoms. The van der Waals surface area contributed by atoms with Crippen molar-refractivity contribution in [2.45, 2.75) is 40.5 Å². The van der Waals surface area contributed by atoms with Crippen LogP contribution in [0.25, 0.3) is 0 Å². The van der Waals surface area contributed by atoms with E-state index in [1.807, 2.05) is 0 Å². The van der Waals surface area contributed by atoms with Gasteiger partial charge in [0.1, 0.15) is 0 Å². The van der Waals surface area contributed by atoms with Crippen LogP contribution in [0.5, 0.6) is 0 Å². The summed E-state index contributed by atoms with van der Waals surface area (Å²) in [6.45, 7) is 9.23. The van der Waals surface area contributed by atoms with Crippen molar-refractivity contribution in [1.82, 2.24) is 0 Å². The lowest BCUT2D eigenvalue weighted by atomic mass is 9.66. The molecule has 1 rings (SSSR count). The van der Waals surface area contributed by atoms with Crippen LogP contribution < -0.4 is 0 Å². The summed E-state index contributed by atoms with van der Waals surface area (Å²) in [7, 11) is 0. The topological polar surface area (TPSA) is 0 Å². The van der Waals surface area contributed by atoms with Gasteiger partial charge in [-0.2, -0.15) is 0 Å². The normalized spacial score (nSPS) is 32.6. The van der Waals surface area contributed by atoms with E-state index in [9.17, 15) is 0 Å². The molecule has 1 aliphatic rings. The molecule has 0 aromatic heterocycles. The molecule has 0 heterocycles. The summed E-state index contributed by atoms with van der Waals surface area (Å²) < 4.78 is 0. The fraction of sp³-hybridized carbons (Fsp3) is 0.692. The summed E-state index contributed by atoms with van der Waals surface area (Å²) in [5.74, 6) is 1.55. The Hall–Kier alpha value is -0.520. The van der Waals surface area contributed by atoms with Crippen molar-refractivity contribution in [3.63, 3.8) is 0 Å². The molecular weight excluding hydrogens is 156 g/mol. The Kier molecular flexibility index (Phi) is 3.35. The lowest BCUT2D eigenvalue weighted by Gasteiger charge is -2.39. The van der Waals surface area contributed by atoms with Crippen LogP contribution >= 0.6 is 0 Å².